The van der Waals surface area contributed by atoms with Crippen LogP contribution in [0.5, 0.6) is 0 Å². The van der Waals surface area contributed by atoms with Gasteiger partial charge in [-0.05, 0) is 38.0 Å². The van der Waals surface area contributed by atoms with E-state index >= 15 is 0 Å². The summed E-state index contributed by atoms with van der Waals surface area (Å²) >= 11 is 1.95. The van der Waals surface area contributed by atoms with Crippen LogP contribution in [-0.4, -0.2) is 5.75 Å². The average Bonchev–Trinajstić information content (AvgIpc) is 2.30. The van der Waals surface area contributed by atoms with Gasteiger partial charge in [0.25, 0.3) is 0 Å². The van der Waals surface area contributed by atoms with Crippen LogP contribution in [-0.2, 0) is 5.75 Å². The van der Waals surface area contributed by atoms with E-state index in [2.05, 4.69) is 30.3 Å². The third-order valence-electron chi connectivity index (χ3n) is 2.50. The van der Waals surface area contributed by atoms with Crippen LogP contribution >= 0.6 is 11.8 Å². The van der Waals surface area contributed by atoms with Gasteiger partial charge in [0.2, 0.25) is 0 Å². The van der Waals surface area contributed by atoms with Crippen LogP contribution in [0, 0.1) is 16.7 Å². The van der Waals surface area contributed by atoms with Gasteiger partial charge in [-0.1, -0.05) is 30.3 Å². The van der Waals surface area contributed by atoms with Crippen LogP contribution in [0.15, 0.2) is 30.3 Å². The molecule has 0 saturated heterocycles. The van der Waals surface area contributed by atoms with Crippen molar-refractivity contribution in [2.45, 2.75) is 32.4 Å². The lowest BCUT2D eigenvalue weighted by molar-refractivity contribution is 0.448. The van der Waals surface area contributed by atoms with Gasteiger partial charge in [-0.2, -0.15) is 17.0 Å². The van der Waals surface area contributed by atoms with Gasteiger partial charge in [0.1, 0.15) is 0 Å². The van der Waals surface area contributed by atoms with Crippen molar-refractivity contribution in [2.75, 3.05) is 5.75 Å². The van der Waals surface area contributed by atoms with Gasteiger partial charge in [-0.25, -0.2) is 0 Å². The Balaban J connectivity index is 2.12. The van der Waals surface area contributed by atoms with Crippen molar-refractivity contribution in [2.24, 2.45) is 5.41 Å². The molecular weight excluding hydrogens is 214 g/mol. The Morgan fingerprint density at radius 2 is 1.94 bits per heavy atom. The molecule has 0 amide bonds. The molecular formula is C14H19NS. The Morgan fingerprint density at radius 3 is 2.56 bits per heavy atom. The maximum absolute atomic E-state index is 8.87. The lowest BCUT2D eigenvalue weighted by Crippen LogP contribution is -2.07. The molecule has 0 aromatic heterocycles. The standard InChI is InChI=1S/C14H19NS/c1-14(2,12-15)9-6-10-16-11-13-7-4-3-5-8-13/h3-5,7-8H,6,9-11H2,1-2H3. The van der Waals surface area contributed by atoms with E-state index in [-0.39, 0.29) is 5.41 Å². The van der Waals surface area contributed by atoms with E-state index in [1.807, 2.05) is 31.7 Å². The minimum Gasteiger partial charge on any atom is -0.198 e. The van der Waals surface area contributed by atoms with Crippen molar-refractivity contribution in [1.29, 1.82) is 5.26 Å². The van der Waals surface area contributed by atoms with Crippen LogP contribution < -0.4 is 0 Å². The predicted octanol–water partition coefficient (Wildman–Crippen LogP) is 4.25. The zero-order valence-electron chi connectivity index (χ0n) is 10.1. The quantitative estimate of drug-likeness (QED) is 0.686. The molecule has 0 atom stereocenters. The molecule has 0 aliphatic carbocycles. The molecule has 2 heteroatoms. The minimum absolute atomic E-state index is 0.159. The number of nitriles is 1. The molecule has 0 aliphatic heterocycles. The number of hydrogen-bond donors (Lipinski definition) is 0. The fourth-order valence-electron chi connectivity index (χ4n) is 1.44. The Labute approximate surface area is 103 Å². The van der Waals surface area contributed by atoms with Crippen molar-refractivity contribution in [1.82, 2.24) is 0 Å². The highest BCUT2D eigenvalue weighted by molar-refractivity contribution is 7.98. The first kappa shape index (κ1) is 13.1. The number of benzene rings is 1. The molecule has 0 N–H and O–H groups in total. The van der Waals surface area contributed by atoms with E-state index in [1.54, 1.807) is 0 Å². The monoisotopic (exact) mass is 233 g/mol. The second-order valence-electron chi connectivity index (χ2n) is 4.64. The molecule has 0 bridgehead atoms. The molecule has 0 fully saturated rings. The summed E-state index contributed by atoms with van der Waals surface area (Å²) in [6.07, 6.45) is 2.11. The molecule has 1 rings (SSSR count). The minimum atomic E-state index is -0.159. The van der Waals surface area contributed by atoms with E-state index in [4.69, 9.17) is 5.26 Å². The van der Waals surface area contributed by atoms with Crippen molar-refractivity contribution in [3.8, 4) is 6.07 Å². The van der Waals surface area contributed by atoms with Crippen molar-refractivity contribution >= 4 is 11.8 Å². The summed E-state index contributed by atoms with van der Waals surface area (Å²) < 4.78 is 0. The van der Waals surface area contributed by atoms with Crippen LogP contribution in [0.25, 0.3) is 0 Å². The molecule has 0 radical (unpaired) electrons. The van der Waals surface area contributed by atoms with Gasteiger partial charge >= 0.3 is 0 Å². The van der Waals surface area contributed by atoms with Gasteiger partial charge in [0, 0.05) is 5.75 Å². The molecule has 0 unspecified atom stereocenters. The zero-order valence-corrected chi connectivity index (χ0v) is 10.9. The number of rotatable bonds is 6. The summed E-state index contributed by atoms with van der Waals surface area (Å²) in [5.74, 6) is 2.22. The van der Waals surface area contributed by atoms with Crippen LogP contribution in [0.2, 0.25) is 0 Å². The number of nitrogens with zero attached hydrogens (tertiary/aromatic N) is 1. The Bertz CT molecular complexity index is 338. The third-order valence-corrected chi connectivity index (χ3v) is 3.62. The van der Waals surface area contributed by atoms with E-state index in [0.717, 1.165) is 24.3 Å². The van der Waals surface area contributed by atoms with E-state index in [1.165, 1.54) is 5.56 Å². The van der Waals surface area contributed by atoms with Crippen molar-refractivity contribution < 1.29 is 0 Å². The molecule has 0 heterocycles. The molecule has 0 spiro atoms. The summed E-state index contributed by atoms with van der Waals surface area (Å²) in [7, 11) is 0. The van der Waals surface area contributed by atoms with E-state index in [0.29, 0.717) is 0 Å². The highest BCUT2D eigenvalue weighted by Crippen LogP contribution is 2.22. The van der Waals surface area contributed by atoms with Gasteiger partial charge in [-0.15, -0.1) is 0 Å². The smallest absolute Gasteiger partial charge is 0.0683 e. The summed E-state index contributed by atoms with van der Waals surface area (Å²) in [6.45, 7) is 4.02. The van der Waals surface area contributed by atoms with Gasteiger partial charge in [0.05, 0.1) is 11.5 Å². The van der Waals surface area contributed by atoms with Gasteiger partial charge < -0.3 is 0 Å². The fraction of sp³-hybridized carbons (Fsp3) is 0.500. The molecule has 1 aromatic carbocycles. The number of hydrogen-bond acceptors (Lipinski definition) is 2. The summed E-state index contributed by atoms with van der Waals surface area (Å²) in [5, 5.41) is 8.87. The maximum Gasteiger partial charge on any atom is 0.0683 e. The average molecular weight is 233 g/mol. The van der Waals surface area contributed by atoms with Crippen LogP contribution in [0.4, 0.5) is 0 Å². The summed E-state index contributed by atoms with van der Waals surface area (Å²) in [6, 6.07) is 12.9. The molecule has 1 aromatic rings. The Hall–Kier alpha value is -0.940. The number of thioether (sulfide) groups is 1. The topological polar surface area (TPSA) is 23.8 Å². The van der Waals surface area contributed by atoms with E-state index in [9.17, 15) is 0 Å². The molecule has 1 nitrogen and oxygen atoms in total. The van der Waals surface area contributed by atoms with Gasteiger partial charge in [-0.3, -0.25) is 0 Å². The fourth-order valence-corrected chi connectivity index (χ4v) is 2.36. The van der Waals surface area contributed by atoms with Crippen molar-refractivity contribution in [3.63, 3.8) is 0 Å². The largest absolute Gasteiger partial charge is 0.198 e. The lowest BCUT2D eigenvalue weighted by Gasteiger charge is -2.13. The highest BCUT2D eigenvalue weighted by Gasteiger charge is 2.15. The normalized spacial score (nSPS) is 11.1. The van der Waals surface area contributed by atoms with Crippen molar-refractivity contribution in [3.05, 3.63) is 35.9 Å². The Morgan fingerprint density at radius 1 is 1.25 bits per heavy atom. The SMILES string of the molecule is CC(C)(C#N)CCCSCc1ccccc1. The Kier molecular flexibility index (Phi) is 5.42. The second kappa shape index (κ2) is 6.60. The van der Waals surface area contributed by atoms with Crippen LogP contribution in [0.3, 0.4) is 0 Å². The predicted molar refractivity (Wildman–Crippen MR) is 71.2 cm³/mol. The first-order valence-electron chi connectivity index (χ1n) is 5.67. The maximum atomic E-state index is 8.87. The zero-order chi connectivity index (χ0) is 11.9. The lowest BCUT2D eigenvalue weighted by atomic mass is 9.90. The van der Waals surface area contributed by atoms with E-state index < -0.39 is 0 Å². The highest BCUT2D eigenvalue weighted by atomic mass is 32.2. The third kappa shape index (κ3) is 5.23. The first-order chi connectivity index (χ1) is 7.64. The summed E-state index contributed by atoms with van der Waals surface area (Å²) in [5.41, 5.74) is 1.22. The molecule has 0 aliphatic rings. The van der Waals surface area contributed by atoms with Crippen LogP contribution in [0.1, 0.15) is 32.3 Å². The molecule has 0 saturated carbocycles. The van der Waals surface area contributed by atoms with Gasteiger partial charge in [0.15, 0.2) is 0 Å². The first-order valence-corrected chi connectivity index (χ1v) is 6.82. The molecule has 16 heavy (non-hydrogen) atoms. The second-order valence-corrected chi connectivity index (χ2v) is 5.74. The summed E-state index contributed by atoms with van der Waals surface area (Å²) in [4.78, 5) is 0. The molecule has 86 valence electrons.